The highest BCUT2D eigenvalue weighted by Crippen LogP contribution is 2.19. The van der Waals surface area contributed by atoms with Gasteiger partial charge in [0.05, 0.1) is 19.8 Å². The van der Waals surface area contributed by atoms with E-state index in [2.05, 4.69) is 58.2 Å². The molecule has 32 heavy (non-hydrogen) atoms. The summed E-state index contributed by atoms with van der Waals surface area (Å²) < 4.78 is 5.42. The van der Waals surface area contributed by atoms with Crippen molar-refractivity contribution in [1.82, 2.24) is 20.1 Å². The number of nitrogens with zero attached hydrogens (tertiary/aromatic N) is 2. The molecule has 0 amide bonds. The molecule has 0 unspecified atom stereocenters. The van der Waals surface area contributed by atoms with Crippen LogP contribution in [0.2, 0.25) is 0 Å². The summed E-state index contributed by atoms with van der Waals surface area (Å²) in [7, 11) is 0. The van der Waals surface area contributed by atoms with Crippen molar-refractivity contribution in [2.75, 3.05) is 45.9 Å². The van der Waals surface area contributed by atoms with Crippen molar-refractivity contribution in [3.8, 4) is 0 Å². The lowest BCUT2D eigenvalue weighted by Crippen LogP contribution is -2.45. The van der Waals surface area contributed by atoms with E-state index in [1.54, 1.807) is 0 Å². The number of H-pyrrole nitrogens is 1. The predicted octanol–water partition coefficient (Wildman–Crippen LogP) is 3.04. The largest absolute Gasteiger partial charge is 0.379 e. The van der Waals surface area contributed by atoms with Gasteiger partial charge in [0.15, 0.2) is 5.11 Å². The van der Waals surface area contributed by atoms with Crippen molar-refractivity contribution >= 4 is 28.2 Å². The van der Waals surface area contributed by atoms with E-state index in [0.717, 1.165) is 62.3 Å². The average Bonchev–Trinajstić information content (AvgIpc) is 3.29. The van der Waals surface area contributed by atoms with E-state index in [-0.39, 0.29) is 5.56 Å². The number of fused-ring (bicyclic) bond motifs is 1. The lowest BCUT2D eigenvalue weighted by atomic mass is 10.0. The fourth-order valence-corrected chi connectivity index (χ4v) is 4.39. The topological polar surface area (TPSA) is 60.6 Å². The van der Waals surface area contributed by atoms with Crippen LogP contribution in [0.15, 0.2) is 46.8 Å². The molecule has 1 aliphatic heterocycles. The third kappa shape index (κ3) is 5.65. The molecule has 7 heteroatoms. The molecule has 0 saturated carbocycles. The number of ether oxygens (including phenoxy) is 1. The van der Waals surface area contributed by atoms with Crippen molar-refractivity contribution in [3.63, 3.8) is 0 Å². The van der Waals surface area contributed by atoms with Crippen molar-refractivity contribution in [3.05, 3.63) is 69.0 Å². The van der Waals surface area contributed by atoms with Gasteiger partial charge in [-0.05, 0) is 72.8 Å². The number of pyridine rings is 1. The Labute approximate surface area is 194 Å². The minimum Gasteiger partial charge on any atom is -0.379 e. The molecule has 0 bridgehead atoms. The summed E-state index contributed by atoms with van der Waals surface area (Å²) in [6.07, 6.45) is 7.30. The number of benzene rings is 1. The van der Waals surface area contributed by atoms with Crippen LogP contribution in [0.25, 0.3) is 10.9 Å². The lowest BCUT2D eigenvalue weighted by molar-refractivity contribution is 0.0389. The number of thiocarbonyl (C=S) groups is 1. The summed E-state index contributed by atoms with van der Waals surface area (Å²) in [5.74, 6) is 0. The van der Waals surface area contributed by atoms with Gasteiger partial charge in [0.2, 0.25) is 0 Å². The minimum atomic E-state index is -0.0552. The van der Waals surface area contributed by atoms with Gasteiger partial charge in [-0.15, -0.1) is 0 Å². The molecule has 2 aromatic rings. The van der Waals surface area contributed by atoms with Crippen LogP contribution in [0.4, 0.5) is 0 Å². The first-order valence-corrected chi connectivity index (χ1v) is 11.7. The maximum atomic E-state index is 12.9. The van der Waals surface area contributed by atoms with Gasteiger partial charge in [0.25, 0.3) is 5.56 Å². The number of aromatic amines is 1. The second-order valence-corrected chi connectivity index (χ2v) is 9.03. The molecule has 2 N–H and O–H groups in total. The summed E-state index contributed by atoms with van der Waals surface area (Å²) in [6, 6.07) is 6.18. The van der Waals surface area contributed by atoms with Crippen molar-refractivity contribution < 1.29 is 4.74 Å². The molecule has 2 heterocycles. The van der Waals surface area contributed by atoms with Crippen LogP contribution in [-0.2, 0) is 11.3 Å². The second-order valence-electron chi connectivity index (χ2n) is 8.65. The highest BCUT2D eigenvalue weighted by atomic mass is 32.1. The first kappa shape index (κ1) is 22.7. The number of nitrogens with one attached hydrogen (secondary N) is 2. The van der Waals surface area contributed by atoms with Crippen molar-refractivity contribution in [1.29, 1.82) is 0 Å². The zero-order valence-electron chi connectivity index (χ0n) is 18.9. The summed E-state index contributed by atoms with van der Waals surface area (Å²) >= 11 is 5.76. The highest BCUT2D eigenvalue weighted by molar-refractivity contribution is 7.80. The Kier molecular flexibility index (Phi) is 7.40. The molecule has 0 spiro atoms. The maximum absolute atomic E-state index is 12.9. The van der Waals surface area contributed by atoms with Crippen molar-refractivity contribution in [2.24, 2.45) is 0 Å². The Bertz CT molecular complexity index is 1100. The molecule has 1 aromatic heterocycles. The third-order valence-electron chi connectivity index (χ3n) is 6.23. The molecule has 6 nitrogen and oxygen atoms in total. The van der Waals surface area contributed by atoms with Gasteiger partial charge in [-0.1, -0.05) is 18.2 Å². The van der Waals surface area contributed by atoms with Crippen LogP contribution in [0.5, 0.6) is 0 Å². The zero-order valence-corrected chi connectivity index (χ0v) is 19.8. The van der Waals surface area contributed by atoms with Gasteiger partial charge in [-0.3, -0.25) is 9.69 Å². The fraction of sp³-hybridized carbons (Fsp3) is 0.440. The van der Waals surface area contributed by atoms with Crippen LogP contribution in [-0.4, -0.2) is 65.8 Å². The second kappa shape index (κ2) is 10.4. The van der Waals surface area contributed by atoms with Crippen LogP contribution >= 0.6 is 12.2 Å². The number of aryl methyl sites for hydroxylation is 2. The summed E-state index contributed by atoms with van der Waals surface area (Å²) in [5, 5.41) is 5.15. The lowest BCUT2D eigenvalue weighted by Gasteiger charge is -2.29. The SMILES string of the molecule is Cc1cc2cc(CN(CC3=CC=CC3)C(=S)NCCN3CCOCC3)c(=O)[nH]c2cc1C. The van der Waals surface area contributed by atoms with E-state index in [9.17, 15) is 4.79 Å². The Morgan fingerprint density at radius 1 is 1.19 bits per heavy atom. The Morgan fingerprint density at radius 3 is 2.72 bits per heavy atom. The van der Waals surface area contributed by atoms with Gasteiger partial charge in [-0.25, -0.2) is 0 Å². The van der Waals surface area contributed by atoms with E-state index in [1.807, 2.05) is 12.1 Å². The van der Waals surface area contributed by atoms with Gasteiger partial charge in [-0.2, -0.15) is 0 Å². The normalized spacial score (nSPS) is 16.4. The van der Waals surface area contributed by atoms with Gasteiger partial charge >= 0.3 is 0 Å². The summed E-state index contributed by atoms with van der Waals surface area (Å²) in [5.41, 5.74) is 5.24. The Hall–Kier alpha value is -2.48. The summed E-state index contributed by atoms with van der Waals surface area (Å²) in [6.45, 7) is 10.6. The quantitative estimate of drug-likeness (QED) is 0.630. The first-order chi connectivity index (χ1) is 15.5. The van der Waals surface area contributed by atoms with Crippen molar-refractivity contribution in [2.45, 2.75) is 26.8 Å². The molecule has 1 fully saturated rings. The number of hydrogen-bond acceptors (Lipinski definition) is 4. The molecule has 2 aliphatic rings. The number of morpholine rings is 1. The van der Waals surface area contributed by atoms with E-state index in [0.29, 0.717) is 18.2 Å². The minimum absolute atomic E-state index is 0.0552. The molecular formula is C25H32N4O2S. The van der Waals surface area contributed by atoms with E-state index in [1.165, 1.54) is 16.7 Å². The van der Waals surface area contributed by atoms with Crippen LogP contribution in [0.1, 0.15) is 23.1 Å². The van der Waals surface area contributed by atoms with E-state index in [4.69, 9.17) is 17.0 Å². The number of aromatic nitrogens is 1. The molecule has 170 valence electrons. The molecular weight excluding hydrogens is 420 g/mol. The molecule has 1 aromatic carbocycles. The van der Waals surface area contributed by atoms with Crippen LogP contribution in [0.3, 0.4) is 0 Å². The van der Waals surface area contributed by atoms with Gasteiger partial charge in [0, 0.05) is 43.8 Å². The monoisotopic (exact) mass is 452 g/mol. The van der Waals surface area contributed by atoms with E-state index < -0.39 is 0 Å². The number of hydrogen-bond donors (Lipinski definition) is 2. The molecule has 0 radical (unpaired) electrons. The van der Waals surface area contributed by atoms with Crippen LogP contribution < -0.4 is 10.9 Å². The number of allylic oxidation sites excluding steroid dienone is 3. The molecule has 1 saturated heterocycles. The van der Waals surface area contributed by atoms with Gasteiger partial charge in [0.1, 0.15) is 0 Å². The molecule has 0 atom stereocenters. The fourth-order valence-electron chi connectivity index (χ4n) is 4.16. The molecule has 1 aliphatic carbocycles. The van der Waals surface area contributed by atoms with E-state index >= 15 is 0 Å². The smallest absolute Gasteiger partial charge is 0.253 e. The Morgan fingerprint density at radius 2 is 1.97 bits per heavy atom. The standard InChI is InChI=1S/C25H32N4O2S/c1-18-13-21-15-22(24(30)27-23(21)14-19(18)2)17-29(16-20-5-3-4-6-20)25(32)26-7-8-28-9-11-31-12-10-28/h3-5,13-15H,6-12,16-17H2,1-2H3,(H,26,32)(H,27,30). The highest BCUT2D eigenvalue weighted by Gasteiger charge is 2.16. The first-order valence-electron chi connectivity index (χ1n) is 11.3. The van der Waals surface area contributed by atoms with Crippen LogP contribution in [0, 0.1) is 13.8 Å². The number of rotatable bonds is 7. The van der Waals surface area contributed by atoms with Gasteiger partial charge < -0.3 is 19.9 Å². The Balaban J connectivity index is 1.48. The third-order valence-corrected chi connectivity index (χ3v) is 6.64. The average molecular weight is 453 g/mol. The predicted molar refractivity (Wildman–Crippen MR) is 134 cm³/mol. The molecule has 4 rings (SSSR count). The zero-order chi connectivity index (χ0) is 22.5. The summed E-state index contributed by atoms with van der Waals surface area (Å²) in [4.78, 5) is 20.4. The maximum Gasteiger partial charge on any atom is 0.253 e.